The van der Waals surface area contributed by atoms with Crippen LogP contribution in [0.25, 0.3) is 0 Å². The number of nitrogens with one attached hydrogen (secondary N) is 1. The maximum Gasteiger partial charge on any atom is 0.186 e. The molecule has 1 aromatic carbocycles. The molecule has 0 saturated carbocycles. The van der Waals surface area contributed by atoms with Crippen LogP contribution in [0, 0.1) is 15.3 Å². The quantitative estimate of drug-likeness (QED) is 0.427. The summed E-state index contributed by atoms with van der Waals surface area (Å²) in [4.78, 5) is 21.4. The summed E-state index contributed by atoms with van der Waals surface area (Å²) in [5, 5.41) is 14.8. The summed E-state index contributed by atoms with van der Waals surface area (Å²) in [6, 6.07) is 10.5. The van der Waals surface area contributed by atoms with Crippen LogP contribution in [0.15, 0.2) is 30.3 Å². The molecule has 0 aliphatic rings. The molecule has 6 heteroatoms. The average Bonchev–Trinajstić information content (AvgIpc) is 2.49. The normalized spacial score (nSPS) is 9.95. The van der Waals surface area contributed by atoms with Gasteiger partial charge in [0.05, 0.1) is 18.2 Å². The van der Waals surface area contributed by atoms with Gasteiger partial charge in [0.25, 0.3) is 0 Å². The topological polar surface area (TPSA) is 87.7 Å². The molecule has 0 aromatic heterocycles. The van der Waals surface area contributed by atoms with E-state index in [1.54, 1.807) is 0 Å². The molecule has 0 aliphatic heterocycles. The van der Waals surface area contributed by atoms with E-state index in [4.69, 9.17) is 15.3 Å². The molecular weight excluding hydrogens is 284 g/mol. The van der Waals surface area contributed by atoms with Gasteiger partial charge in [0.15, 0.2) is 5.78 Å². The van der Waals surface area contributed by atoms with Crippen LogP contribution in [0.5, 0.6) is 0 Å². The van der Waals surface area contributed by atoms with Crippen LogP contribution in [-0.4, -0.2) is 30.5 Å². The second-order valence-corrected chi connectivity index (χ2v) is 5.09. The van der Waals surface area contributed by atoms with Gasteiger partial charge in [0.2, 0.25) is 0 Å². The molecule has 22 heavy (non-hydrogen) atoms. The zero-order chi connectivity index (χ0) is 16.8. The maximum atomic E-state index is 11.8. The lowest BCUT2D eigenvalue weighted by atomic mass is 10.1. The first-order valence-corrected chi connectivity index (χ1v) is 7.70. The van der Waals surface area contributed by atoms with Crippen molar-refractivity contribution in [3.8, 4) is 0 Å². The van der Waals surface area contributed by atoms with Crippen molar-refractivity contribution in [2.75, 3.05) is 19.6 Å². The van der Waals surface area contributed by atoms with Crippen LogP contribution in [0.3, 0.4) is 0 Å². The molecular formula is C16H26N2O4. The zero-order valence-electron chi connectivity index (χ0n) is 13.4. The number of likely N-dealkylation sites (N-methyl/N-ethyl adjacent to an activating group) is 1. The van der Waals surface area contributed by atoms with Crippen molar-refractivity contribution < 1.29 is 14.8 Å². The standard InChI is InChI=1S/C16H25NO.NO3/c1-3-17(4-2)14-16(18)13-9-8-12-15-10-6-5-7-11-15;2-1(3)4/h5-7,10-11H,3-4,8-9,12-14H2,1-2H3;/q;-1/p+1. The number of hydrogen-bond acceptors (Lipinski definition) is 4. The average molecular weight is 310 g/mol. The zero-order valence-corrected chi connectivity index (χ0v) is 13.4. The van der Waals surface area contributed by atoms with E-state index >= 15 is 0 Å². The summed E-state index contributed by atoms with van der Waals surface area (Å²) in [6.45, 7) is 7.08. The summed E-state index contributed by atoms with van der Waals surface area (Å²) in [5.41, 5.74) is 1.37. The second kappa shape index (κ2) is 12.8. The number of carbonyl (C=O) groups excluding carboxylic acids is 1. The van der Waals surface area contributed by atoms with Gasteiger partial charge < -0.3 is 20.2 Å². The Bertz CT molecular complexity index is 415. The molecule has 0 atom stereocenters. The smallest absolute Gasteiger partial charge is 0.186 e. The Morgan fingerprint density at radius 1 is 1.09 bits per heavy atom. The molecule has 0 bridgehead atoms. The van der Waals surface area contributed by atoms with Crippen LogP contribution in [0.2, 0.25) is 0 Å². The Kier molecular flexibility index (Phi) is 11.6. The minimum absolute atomic E-state index is 0.418. The highest BCUT2D eigenvalue weighted by Crippen LogP contribution is 2.06. The molecule has 0 spiro atoms. The van der Waals surface area contributed by atoms with Gasteiger partial charge >= 0.3 is 0 Å². The molecule has 0 aliphatic carbocycles. The Hall–Kier alpha value is -1.95. The number of Topliss-reactive ketones (excluding diaryl/α,β-unsaturated/α-hetero) is 1. The Labute approximate surface area is 131 Å². The Morgan fingerprint density at radius 3 is 2.14 bits per heavy atom. The van der Waals surface area contributed by atoms with E-state index in [1.807, 2.05) is 6.07 Å². The highest BCUT2D eigenvalue weighted by molar-refractivity contribution is 5.79. The van der Waals surface area contributed by atoms with Gasteiger partial charge in [-0.05, 0) is 38.7 Å². The first kappa shape index (κ1) is 20.1. The van der Waals surface area contributed by atoms with Crippen molar-refractivity contribution in [2.45, 2.75) is 39.5 Å². The summed E-state index contributed by atoms with van der Waals surface area (Å²) in [6.07, 6.45) is 3.97. The van der Waals surface area contributed by atoms with E-state index in [9.17, 15) is 4.79 Å². The summed E-state index contributed by atoms with van der Waals surface area (Å²) in [5.74, 6) is 0.418. The highest BCUT2D eigenvalue weighted by atomic mass is 16.9. The lowest BCUT2D eigenvalue weighted by Gasteiger charge is -2.13. The largest absolute Gasteiger partial charge is 0.356 e. The highest BCUT2D eigenvalue weighted by Gasteiger charge is 2.09. The number of unbranched alkanes of at least 4 members (excludes halogenated alkanes) is 1. The van der Waals surface area contributed by atoms with E-state index in [0.29, 0.717) is 12.3 Å². The molecule has 0 radical (unpaired) electrons. The lowest BCUT2D eigenvalue weighted by Crippen LogP contribution is -3.12. The fourth-order valence-electron chi connectivity index (χ4n) is 2.16. The van der Waals surface area contributed by atoms with Gasteiger partial charge in [-0.25, -0.2) is 0 Å². The van der Waals surface area contributed by atoms with Crippen LogP contribution in [0.4, 0.5) is 0 Å². The third-order valence-electron chi connectivity index (χ3n) is 3.46. The number of aryl methyl sites for hydroxylation is 1. The number of carbonyl (C=O) groups is 1. The van der Waals surface area contributed by atoms with E-state index < -0.39 is 5.09 Å². The molecule has 1 aromatic rings. The number of quaternary nitrogens is 1. The van der Waals surface area contributed by atoms with Crippen LogP contribution in [-0.2, 0) is 11.2 Å². The van der Waals surface area contributed by atoms with E-state index in [2.05, 4.69) is 38.1 Å². The summed E-state index contributed by atoms with van der Waals surface area (Å²) < 4.78 is 0. The van der Waals surface area contributed by atoms with Gasteiger partial charge in [-0.2, -0.15) is 0 Å². The van der Waals surface area contributed by atoms with Gasteiger partial charge in [-0.3, -0.25) is 4.79 Å². The van der Waals surface area contributed by atoms with Crippen LogP contribution < -0.4 is 4.90 Å². The predicted octanol–water partition coefficient (Wildman–Crippen LogP) is 1.65. The van der Waals surface area contributed by atoms with Crippen molar-refractivity contribution in [1.29, 1.82) is 0 Å². The number of benzene rings is 1. The summed E-state index contributed by atoms with van der Waals surface area (Å²) >= 11 is 0. The molecule has 0 amide bonds. The number of ketones is 1. The number of rotatable bonds is 9. The molecule has 0 saturated heterocycles. The van der Waals surface area contributed by atoms with Crippen molar-refractivity contribution in [3.05, 3.63) is 51.2 Å². The first-order valence-electron chi connectivity index (χ1n) is 7.70. The SMILES string of the molecule is CC[NH+](CC)CC(=O)CCCCc1ccccc1.O=[N+]([O-])[O-]. The maximum absolute atomic E-state index is 11.8. The van der Waals surface area contributed by atoms with Crippen molar-refractivity contribution >= 4 is 5.78 Å². The molecule has 0 unspecified atom stereocenters. The van der Waals surface area contributed by atoms with E-state index in [1.165, 1.54) is 10.5 Å². The Balaban J connectivity index is 0.000000980. The van der Waals surface area contributed by atoms with Crippen LogP contribution >= 0.6 is 0 Å². The molecule has 124 valence electrons. The van der Waals surface area contributed by atoms with Crippen molar-refractivity contribution in [3.63, 3.8) is 0 Å². The lowest BCUT2D eigenvalue weighted by molar-refractivity contribution is -0.888. The van der Waals surface area contributed by atoms with E-state index in [-0.39, 0.29) is 0 Å². The van der Waals surface area contributed by atoms with Gasteiger partial charge in [-0.15, -0.1) is 0 Å². The second-order valence-electron chi connectivity index (χ2n) is 5.09. The van der Waals surface area contributed by atoms with Gasteiger partial charge in [0.1, 0.15) is 6.54 Å². The monoisotopic (exact) mass is 310 g/mol. The molecule has 0 fully saturated rings. The summed E-state index contributed by atoms with van der Waals surface area (Å²) in [7, 11) is 0. The fourth-order valence-corrected chi connectivity index (χ4v) is 2.16. The third-order valence-corrected chi connectivity index (χ3v) is 3.46. The number of hydrogen-bond donors (Lipinski definition) is 1. The predicted molar refractivity (Wildman–Crippen MR) is 86.3 cm³/mol. The minimum atomic E-state index is -1.75. The minimum Gasteiger partial charge on any atom is -0.356 e. The van der Waals surface area contributed by atoms with E-state index in [0.717, 1.165) is 38.8 Å². The molecule has 1 N–H and O–H groups in total. The fraction of sp³-hybridized carbons (Fsp3) is 0.562. The third kappa shape index (κ3) is 11.8. The first-order chi connectivity index (χ1) is 10.5. The Morgan fingerprint density at radius 2 is 1.64 bits per heavy atom. The van der Waals surface area contributed by atoms with Crippen molar-refractivity contribution in [2.24, 2.45) is 0 Å². The molecule has 0 heterocycles. The van der Waals surface area contributed by atoms with Gasteiger partial charge in [0, 0.05) is 6.42 Å². The van der Waals surface area contributed by atoms with Gasteiger partial charge in [-0.1, -0.05) is 30.3 Å². The van der Waals surface area contributed by atoms with Crippen molar-refractivity contribution in [1.82, 2.24) is 0 Å². The molecule has 6 nitrogen and oxygen atoms in total. The molecule has 1 rings (SSSR count). The van der Waals surface area contributed by atoms with Crippen LogP contribution in [0.1, 0.15) is 38.7 Å². The number of nitrogens with zero attached hydrogens (tertiary/aromatic N) is 1.